The fourth-order valence-electron chi connectivity index (χ4n) is 4.27. The van der Waals surface area contributed by atoms with Crippen molar-refractivity contribution in [1.29, 1.82) is 0 Å². The summed E-state index contributed by atoms with van der Waals surface area (Å²) in [5.74, 6) is 0.102. The minimum absolute atomic E-state index is 0.0419. The highest BCUT2D eigenvalue weighted by atomic mass is 16.6. The van der Waals surface area contributed by atoms with E-state index in [1.165, 1.54) is 22.3 Å². The molecule has 0 bridgehead atoms. The number of aromatic nitrogens is 1. The molecule has 4 heteroatoms. The van der Waals surface area contributed by atoms with E-state index < -0.39 is 0 Å². The lowest BCUT2D eigenvalue weighted by molar-refractivity contribution is 0.154. The Morgan fingerprint density at radius 2 is 1.97 bits per heavy atom. The number of rotatable bonds is 3. The largest absolute Gasteiger partial charge is 0.447 e. The lowest BCUT2D eigenvalue weighted by Crippen LogP contribution is -2.41. The molecule has 1 saturated heterocycles. The summed E-state index contributed by atoms with van der Waals surface area (Å²) in [5.41, 5.74) is 6.86. The van der Waals surface area contributed by atoms with Gasteiger partial charge in [-0.15, -0.1) is 0 Å². The fraction of sp³-hybridized carbons (Fsp3) is 0.200. The summed E-state index contributed by atoms with van der Waals surface area (Å²) in [6.45, 7) is 3.15. The molecule has 0 saturated carbocycles. The van der Waals surface area contributed by atoms with Gasteiger partial charge in [-0.05, 0) is 35.8 Å². The second kappa shape index (κ2) is 7.21. The molecule has 29 heavy (non-hydrogen) atoms. The molecule has 0 radical (unpaired) electrons. The Kier molecular flexibility index (Phi) is 4.39. The number of hydrogen-bond donors (Lipinski definition) is 0. The molecular formula is C25H22N2O2. The van der Waals surface area contributed by atoms with E-state index in [1.54, 1.807) is 0 Å². The van der Waals surface area contributed by atoms with E-state index in [4.69, 9.17) is 4.74 Å². The van der Waals surface area contributed by atoms with E-state index >= 15 is 0 Å². The first-order valence-corrected chi connectivity index (χ1v) is 9.91. The fourth-order valence-corrected chi connectivity index (χ4v) is 4.27. The molecular weight excluding hydrogens is 360 g/mol. The first-order chi connectivity index (χ1) is 14.2. The van der Waals surface area contributed by atoms with Crippen LogP contribution in [0.2, 0.25) is 0 Å². The van der Waals surface area contributed by atoms with Gasteiger partial charge in [0, 0.05) is 24.2 Å². The van der Waals surface area contributed by atoms with Crippen LogP contribution in [0.3, 0.4) is 0 Å². The number of carbonyl (C=O) groups is 1. The Bertz CT molecular complexity index is 1090. The minimum atomic E-state index is -0.219. The maximum absolute atomic E-state index is 12.1. The van der Waals surface area contributed by atoms with E-state index in [0.717, 1.165) is 11.3 Å². The number of aryl methyl sites for hydroxylation is 1. The van der Waals surface area contributed by atoms with Gasteiger partial charge in [-0.2, -0.15) is 0 Å². The Labute approximate surface area is 170 Å². The number of nitrogens with zero attached hydrogens (tertiary/aromatic N) is 2. The first kappa shape index (κ1) is 17.7. The van der Waals surface area contributed by atoms with Crippen LogP contribution >= 0.6 is 0 Å². The number of fused-ring (bicyclic) bond motifs is 2. The summed E-state index contributed by atoms with van der Waals surface area (Å²) in [6, 6.07) is 20.9. The van der Waals surface area contributed by atoms with Crippen LogP contribution in [0.1, 0.15) is 28.3 Å². The molecule has 1 fully saturated rings. The normalized spacial score (nSPS) is 20.4. The Balaban J connectivity index is 1.42. The summed E-state index contributed by atoms with van der Waals surface area (Å²) in [6.07, 6.45) is 5.90. The third-order valence-corrected chi connectivity index (χ3v) is 5.79. The Morgan fingerprint density at radius 1 is 1.07 bits per heavy atom. The number of amides is 1. The topological polar surface area (TPSA) is 42.4 Å². The molecule has 1 aromatic heterocycles. The van der Waals surface area contributed by atoms with Gasteiger partial charge in [-0.3, -0.25) is 9.88 Å². The summed E-state index contributed by atoms with van der Waals surface area (Å²) in [7, 11) is 0. The van der Waals surface area contributed by atoms with Crippen molar-refractivity contribution in [1.82, 2.24) is 9.88 Å². The molecule has 0 N–H and O–H groups in total. The van der Waals surface area contributed by atoms with Gasteiger partial charge >= 0.3 is 6.09 Å². The van der Waals surface area contributed by atoms with Crippen LogP contribution in [-0.2, 0) is 11.3 Å². The zero-order valence-electron chi connectivity index (χ0n) is 16.3. The van der Waals surface area contributed by atoms with Crippen LogP contribution in [0.4, 0.5) is 4.79 Å². The molecule has 144 valence electrons. The Morgan fingerprint density at radius 3 is 2.79 bits per heavy atom. The van der Waals surface area contributed by atoms with E-state index in [9.17, 15) is 4.79 Å². The molecule has 4 nitrogen and oxygen atoms in total. The van der Waals surface area contributed by atoms with E-state index in [0.29, 0.717) is 13.2 Å². The van der Waals surface area contributed by atoms with Crippen molar-refractivity contribution < 1.29 is 9.53 Å². The number of ether oxygens (including phenoxy) is 1. The predicted molar refractivity (Wildman–Crippen MR) is 113 cm³/mol. The van der Waals surface area contributed by atoms with Crippen molar-refractivity contribution >= 4 is 12.2 Å². The third kappa shape index (κ3) is 3.31. The molecule has 0 aliphatic carbocycles. The summed E-state index contributed by atoms with van der Waals surface area (Å²) >= 11 is 0. The average molecular weight is 382 g/mol. The average Bonchev–Trinajstić information content (AvgIpc) is 3.12. The van der Waals surface area contributed by atoms with Crippen LogP contribution in [0.5, 0.6) is 0 Å². The van der Waals surface area contributed by atoms with Crippen molar-refractivity contribution in [3.63, 3.8) is 0 Å². The van der Waals surface area contributed by atoms with Gasteiger partial charge in [0.15, 0.2) is 0 Å². The van der Waals surface area contributed by atoms with Crippen LogP contribution in [0, 0.1) is 6.92 Å². The molecule has 3 aromatic rings. The van der Waals surface area contributed by atoms with Gasteiger partial charge in [-0.25, -0.2) is 4.79 Å². The third-order valence-electron chi connectivity index (χ3n) is 5.79. The highest BCUT2D eigenvalue weighted by molar-refractivity contribution is 5.72. The quantitative estimate of drug-likeness (QED) is 0.626. The van der Waals surface area contributed by atoms with Crippen molar-refractivity contribution in [2.75, 3.05) is 6.61 Å². The SMILES string of the molecule is Cc1cccc(-c2ccc(/C=C/C3c4ccccc4CN4C(=O)OC[C@H]34)nc2)c1. The molecule has 1 amide bonds. The second-order valence-corrected chi connectivity index (χ2v) is 7.70. The van der Waals surface area contributed by atoms with Gasteiger partial charge in [-0.1, -0.05) is 66.2 Å². The van der Waals surface area contributed by atoms with Crippen LogP contribution < -0.4 is 0 Å². The zero-order valence-corrected chi connectivity index (χ0v) is 16.3. The summed E-state index contributed by atoms with van der Waals surface area (Å²) in [4.78, 5) is 18.6. The number of carbonyl (C=O) groups excluding carboxylic acids is 1. The van der Waals surface area contributed by atoms with Gasteiger partial charge in [0.2, 0.25) is 0 Å². The summed E-state index contributed by atoms with van der Waals surface area (Å²) in [5, 5.41) is 0. The van der Waals surface area contributed by atoms with Crippen LogP contribution in [0.15, 0.2) is 72.9 Å². The standard InChI is InChI=1S/C25H22N2O2/c1-17-5-4-7-18(13-17)19-9-10-21(26-14-19)11-12-23-22-8-3-2-6-20(22)15-27-24(23)16-29-25(27)28/h2-14,23-24H,15-16H2,1H3/b12-11+/t23?,24-/m1/s1. The zero-order chi connectivity index (χ0) is 19.8. The highest BCUT2D eigenvalue weighted by Gasteiger charge is 2.42. The second-order valence-electron chi connectivity index (χ2n) is 7.70. The van der Waals surface area contributed by atoms with Gasteiger partial charge in [0.1, 0.15) is 6.61 Å². The van der Waals surface area contributed by atoms with Crippen LogP contribution in [-0.4, -0.2) is 28.6 Å². The molecule has 2 atom stereocenters. The molecule has 5 rings (SSSR count). The van der Waals surface area contributed by atoms with E-state index in [2.05, 4.69) is 66.5 Å². The van der Waals surface area contributed by atoms with Gasteiger partial charge in [0.05, 0.1) is 11.7 Å². The van der Waals surface area contributed by atoms with Crippen molar-refractivity contribution in [2.24, 2.45) is 0 Å². The van der Waals surface area contributed by atoms with E-state index in [-0.39, 0.29) is 18.1 Å². The van der Waals surface area contributed by atoms with E-state index in [1.807, 2.05) is 29.3 Å². The molecule has 3 heterocycles. The van der Waals surface area contributed by atoms with Gasteiger partial charge in [0.25, 0.3) is 0 Å². The first-order valence-electron chi connectivity index (χ1n) is 9.91. The van der Waals surface area contributed by atoms with Crippen molar-refractivity contribution in [3.05, 3.63) is 95.3 Å². The summed E-state index contributed by atoms with van der Waals surface area (Å²) < 4.78 is 5.33. The highest BCUT2D eigenvalue weighted by Crippen LogP contribution is 2.37. The maximum atomic E-state index is 12.1. The molecule has 0 spiro atoms. The molecule has 2 aromatic carbocycles. The van der Waals surface area contributed by atoms with Crippen molar-refractivity contribution in [3.8, 4) is 11.1 Å². The minimum Gasteiger partial charge on any atom is -0.447 e. The monoisotopic (exact) mass is 382 g/mol. The molecule has 2 aliphatic rings. The lowest BCUT2D eigenvalue weighted by Gasteiger charge is -2.34. The maximum Gasteiger partial charge on any atom is 0.410 e. The molecule has 2 aliphatic heterocycles. The number of hydrogen-bond acceptors (Lipinski definition) is 3. The smallest absolute Gasteiger partial charge is 0.410 e. The Hall–Kier alpha value is -3.40. The number of cyclic esters (lactones) is 1. The molecule has 1 unspecified atom stereocenters. The number of benzene rings is 2. The number of pyridine rings is 1. The van der Waals surface area contributed by atoms with Crippen LogP contribution in [0.25, 0.3) is 17.2 Å². The van der Waals surface area contributed by atoms with Gasteiger partial charge < -0.3 is 4.74 Å². The predicted octanol–water partition coefficient (Wildman–Crippen LogP) is 5.19. The van der Waals surface area contributed by atoms with Crippen molar-refractivity contribution in [2.45, 2.75) is 25.4 Å². The lowest BCUT2D eigenvalue weighted by atomic mass is 9.84.